The second-order valence-electron chi connectivity index (χ2n) is 4.09. The van der Waals surface area contributed by atoms with Crippen LogP contribution >= 0.6 is 11.8 Å². The molecule has 0 amide bonds. The Balaban J connectivity index is 2.34. The first kappa shape index (κ1) is 12.9. The number of rotatable bonds is 4. The van der Waals surface area contributed by atoms with Crippen LogP contribution in [0.4, 0.5) is 0 Å². The van der Waals surface area contributed by atoms with Crippen molar-refractivity contribution in [3.8, 4) is 0 Å². The number of carbonyl (C=O) groups excluding carboxylic acids is 1. The Morgan fingerprint density at radius 2 is 2.28 bits per heavy atom. The summed E-state index contributed by atoms with van der Waals surface area (Å²) >= 11 is 1.59. The third-order valence-corrected chi connectivity index (χ3v) is 4.05. The van der Waals surface area contributed by atoms with Crippen LogP contribution in [0.3, 0.4) is 0 Å². The zero-order valence-electron chi connectivity index (χ0n) is 10.3. The first-order valence-electron chi connectivity index (χ1n) is 5.69. The zero-order valence-corrected chi connectivity index (χ0v) is 11.1. The average molecular weight is 261 g/mol. The number of esters is 1. The lowest BCUT2D eigenvalue weighted by Crippen LogP contribution is -2.38. The Hall–Kier alpha value is -1.55. The van der Waals surface area contributed by atoms with Crippen LogP contribution in [0, 0.1) is 0 Å². The Labute approximate surface area is 111 Å². The Morgan fingerprint density at radius 3 is 2.89 bits per heavy atom. The van der Waals surface area contributed by atoms with Crippen molar-refractivity contribution in [2.45, 2.75) is 12.0 Å². The molecule has 0 aliphatic carbocycles. The van der Waals surface area contributed by atoms with E-state index in [-0.39, 0.29) is 5.97 Å². The number of nitrogens with zero attached hydrogens (tertiary/aromatic N) is 1. The molecule has 1 aromatic carbocycles. The van der Waals surface area contributed by atoms with Gasteiger partial charge in [0.2, 0.25) is 0 Å². The van der Waals surface area contributed by atoms with Crippen molar-refractivity contribution in [1.29, 1.82) is 0 Å². The highest BCUT2D eigenvalue weighted by molar-refractivity contribution is 8.14. The highest BCUT2D eigenvalue weighted by Gasteiger charge is 2.43. The molecule has 94 valence electrons. The van der Waals surface area contributed by atoms with Gasteiger partial charge in [-0.3, -0.25) is 4.99 Å². The van der Waals surface area contributed by atoms with Gasteiger partial charge in [-0.1, -0.05) is 36.4 Å². The van der Waals surface area contributed by atoms with E-state index in [9.17, 15) is 4.79 Å². The Morgan fingerprint density at radius 1 is 1.56 bits per heavy atom. The van der Waals surface area contributed by atoms with Crippen LogP contribution in [0.1, 0.15) is 12.0 Å². The van der Waals surface area contributed by atoms with E-state index in [2.05, 4.69) is 11.6 Å². The molecule has 0 saturated heterocycles. The van der Waals surface area contributed by atoms with Gasteiger partial charge in [0.25, 0.3) is 0 Å². The van der Waals surface area contributed by atoms with Crippen molar-refractivity contribution < 1.29 is 9.53 Å². The van der Waals surface area contributed by atoms with E-state index in [1.54, 1.807) is 17.8 Å². The quantitative estimate of drug-likeness (QED) is 0.618. The number of hydrogen-bond donors (Lipinski definition) is 0. The van der Waals surface area contributed by atoms with Gasteiger partial charge in [0.05, 0.1) is 12.2 Å². The number of benzene rings is 1. The summed E-state index contributed by atoms with van der Waals surface area (Å²) in [5, 5.41) is 0.892. The summed E-state index contributed by atoms with van der Waals surface area (Å²) in [4.78, 5) is 16.5. The van der Waals surface area contributed by atoms with Gasteiger partial charge in [-0.05, 0) is 0 Å². The summed E-state index contributed by atoms with van der Waals surface area (Å²) in [6.07, 6.45) is 2.22. The molecule has 3 nitrogen and oxygen atoms in total. The van der Waals surface area contributed by atoms with Crippen molar-refractivity contribution in [2.75, 3.05) is 12.9 Å². The van der Waals surface area contributed by atoms with E-state index < -0.39 is 5.54 Å². The molecule has 0 bridgehead atoms. The number of carbonyl (C=O) groups is 1. The summed E-state index contributed by atoms with van der Waals surface area (Å²) in [6.45, 7) is 3.70. The molecule has 1 aromatic rings. The van der Waals surface area contributed by atoms with Crippen LogP contribution in [-0.4, -0.2) is 29.4 Å². The number of thioether (sulfide) groups is 1. The molecule has 0 radical (unpaired) electrons. The van der Waals surface area contributed by atoms with E-state index in [1.165, 1.54) is 7.11 Å². The van der Waals surface area contributed by atoms with Gasteiger partial charge in [-0.2, -0.15) is 0 Å². The fourth-order valence-electron chi connectivity index (χ4n) is 1.90. The first-order chi connectivity index (χ1) is 8.72. The number of aliphatic imine (C=N–C) groups is 1. The van der Waals surface area contributed by atoms with Gasteiger partial charge in [0.1, 0.15) is 0 Å². The maximum absolute atomic E-state index is 11.9. The minimum absolute atomic E-state index is 0.291. The molecule has 0 saturated carbocycles. The molecule has 1 aliphatic heterocycles. The third kappa shape index (κ3) is 2.34. The molecule has 0 aromatic heterocycles. The fourth-order valence-corrected chi connectivity index (χ4v) is 3.11. The molecule has 1 heterocycles. The van der Waals surface area contributed by atoms with Crippen molar-refractivity contribution in [1.82, 2.24) is 0 Å². The minimum atomic E-state index is -0.799. The summed E-state index contributed by atoms with van der Waals surface area (Å²) in [6, 6.07) is 9.87. The standard InChI is InChI=1S/C14H15NO2S/c1-3-9-14(13(16)17-2)10-18-12(15-14)11-7-5-4-6-8-11/h3-8H,1,9-10H2,2H3/t14-/m0/s1. The first-order valence-corrected chi connectivity index (χ1v) is 6.68. The molecule has 0 spiro atoms. The molecule has 18 heavy (non-hydrogen) atoms. The van der Waals surface area contributed by atoms with E-state index >= 15 is 0 Å². The molecule has 2 rings (SSSR count). The van der Waals surface area contributed by atoms with Crippen LogP contribution < -0.4 is 0 Å². The summed E-state index contributed by atoms with van der Waals surface area (Å²) in [5.41, 5.74) is 0.240. The SMILES string of the molecule is C=CC[C@@]1(C(=O)OC)CSC(c2ccccc2)=N1. The molecule has 0 unspecified atom stereocenters. The summed E-state index contributed by atoms with van der Waals surface area (Å²) in [5.74, 6) is 0.316. The molecule has 0 fully saturated rings. The van der Waals surface area contributed by atoms with Gasteiger partial charge < -0.3 is 4.74 Å². The maximum Gasteiger partial charge on any atom is 0.334 e. The number of hydrogen-bond acceptors (Lipinski definition) is 4. The van der Waals surface area contributed by atoms with Crippen LogP contribution in [0.15, 0.2) is 48.0 Å². The molecular formula is C14H15NO2S. The van der Waals surface area contributed by atoms with Crippen molar-refractivity contribution in [2.24, 2.45) is 4.99 Å². The van der Waals surface area contributed by atoms with Gasteiger partial charge in [0.15, 0.2) is 5.54 Å². The topological polar surface area (TPSA) is 38.7 Å². The minimum Gasteiger partial charge on any atom is -0.467 e. The lowest BCUT2D eigenvalue weighted by atomic mass is 9.99. The Bertz CT molecular complexity index is 484. The van der Waals surface area contributed by atoms with E-state index in [4.69, 9.17) is 4.74 Å². The Kier molecular flexibility index (Phi) is 3.87. The fraction of sp³-hybridized carbons (Fsp3) is 0.286. The summed E-state index contributed by atoms with van der Waals surface area (Å²) < 4.78 is 4.87. The van der Waals surface area contributed by atoms with Crippen LogP contribution in [0.2, 0.25) is 0 Å². The molecule has 1 aliphatic rings. The highest BCUT2D eigenvalue weighted by atomic mass is 32.2. The van der Waals surface area contributed by atoms with E-state index in [0.29, 0.717) is 12.2 Å². The monoisotopic (exact) mass is 261 g/mol. The average Bonchev–Trinajstić information content (AvgIpc) is 2.85. The van der Waals surface area contributed by atoms with Crippen LogP contribution in [-0.2, 0) is 9.53 Å². The lowest BCUT2D eigenvalue weighted by molar-refractivity contribution is -0.145. The van der Waals surface area contributed by atoms with Crippen LogP contribution in [0.25, 0.3) is 0 Å². The highest BCUT2D eigenvalue weighted by Crippen LogP contribution is 2.34. The zero-order chi connectivity index (χ0) is 13.0. The molecule has 0 N–H and O–H groups in total. The van der Waals surface area contributed by atoms with Gasteiger partial charge in [0, 0.05) is 17.7 Å². The largest absolute Gasteiger partial charge is 0.467 e. The predicted octanol–water partition coefficient (Wildman–Crippen LogP) is 2.67. The smallest absolute Gasteiger partial charge is 0.334 e. The van der Waals surface area contributed by atoms with Crippen LogP contribution in [0.5, 0.6) is 0 Å². The van der Waals surface area contributed by atoms with Crippen molar-refractivity contribution >= 4 is 22.8 Å². The third-order valence-electron chi connectivity index (χ3n) is 2.83. The van der Waals surface area contributed by atoms with Crippen molar-refractivity contribution in [3.63, 3.8) is 0 Å². The second kappa shape index (κ2) is 5.40. The lowest BCUT2D eigenvalue weighted by Gasteiger charge is -2.19. The number of methoxy groups -OCH3 is 1. The van der Waals surface area contributed by atoms with E-state index in [0.717, 1.165) is 10.6 Å². The van der Waals surface area contributed by atoms with Gasteiger partial charge in [-0.15, -0.1) is 18.3 Å². The van der Waals surface area contributed by atoms with E-state index in [1.807, 2.05) is 30.3 Å². The molecule has 4 heteroatoms. The number of ether oxygens (including phenoxy) is 1. The molecule has 1 atom stereocenters. The second-order valence-corrected chi connectivity index (χ2v) is 5.05. The molecular weight excluding hydrogens is 246 g/mol. The van der Waals surface area contributed by atoms with Crippen molar-refractivity contribution in [3.05, 3.63) is 48.6 Å². The normalized spacial score (nSPS) is 22.4. The predicted molar refractivity (Wildman–Crippen MR) is 75.0 cm³/mol. The maximum atomic E-state index is 11.9. The van der Waals surface area contributed by atoms with Gasteiger partial charge >= 0.3 is 5.97 Å². The summed E-state index contributed by atoms with van der Waals surface area (Å²) in [7, 11) is 1.40. The van der Waals surface area contributed by atoms with Gasteiger partial charge in [-0.25, -0.2) is 4.79 Å².